The molecular weight excluding hydrogens is 407 g/mol. The summed E-state index contributed by atoms with van der Waals surface area (Å²) in [5, 5.41) is 2.75. The molecule has 1 atom stereocenters. The second-order valence-electron chi connectivity index (χ2n) is 7.51. The Labute approximate surface area is 177 Å². The number of hydrogen-bond donors (Lipinski definition) is 1. The average molecular weight is 435 g/mol. The lowest BCUT2D eigenvalue weighted by atomic mass is 9.98. The van der Waals surface area contributed by atoms with Crippen LogP contribution in [0.1, 0.15) is 30.9 Å². The molecular formula is C22H27FN2O4S. The second kappa shape index (κ2) is 9.14. The molecule has 1 aliphatic rings. The van der Waals surface area contributed by atoms with Gasteiger partial charge in [0.1, 0.15) is 11.6 Å². The summed E-state index contributed by atoms with van der Waals surface area (Å²) in [5.41, 5.74) is 1.89. The van der Waals surface area contributed by atoms with Gasteiger partial charge in [-0.15, -0.1) is 0 Å². The highest BCUT2D eigenvalue weighted by Gasteiger charge is 2.33. The lowest BCUT2D eigenvalue weighted by Crippen LogP contribution is -2.43. The molecule has 0 bridgehead atoms. The Morgan fingerprint density at radius 3 is 2.67 bits per heavy atom. The van der Waals surface area contributed by atoms with Gasteiger partial charge in [-0.3, -0.25) is 4.79 Å². The van der Waals surface area contributed by atoms with E-state index in [1.54, 1.807) is 32.0 Å². The third-order valence-electron chi connectivity index (χ3n) is 5.30. The summed E-state index contributed by atoms with van der Waals surface area (Å²) in [4.78, 5) is 12.9. The van der Waals surface area contributed by atoms with Crippen molar-refractivity contribution < 1.29 is 22.3 Å². The number of sulfonamides is 1. The summed E-state index contributed by atoms with van der Waals surface area (Å²) >= 11 is 0. The maximum absolute atomic E-state index is 13.5. The van der Waals surface area contributed by atoms with Crippen LogP contribution in [-0.4, -0.2) is 38.3 Å². The van der Waals surface area contributed by atoms with E-state index >= 15 is 0 Å². The third kappa shape index (κ3) is 4.82. The van der Waals surface area contributed by atoms with Gasteiger partial charge in [0.25, 0.3) is 0 Å². The van der Waals surface area contributed by atoms with Crippen LogP contribution in [0.15, 0.2) is 41.3 Å². The van der Waals surface area contributed by atoms with E-state index in [0.29, 0.717) is 37.4 Å². The Balaban J connectivity index is 1.75. The molecule has 1 N–H and O–H groups in total. The van der Waals surface area contributed by atoms with Gasteiger partial charge in [0.05, 0.1) is 17.4 Å². The first-order valence-electron chi connectivity index (χ1n) is 10.0. The van der Waals surface area contributed by atoms with Crippen molar-refractivity contribution in [3.63, 3.8) is 0 Å². The van der Waals surface area contributed by atoms with Gasteiger partial charge in [0.2, 0.25) is 15.9 Å². The minimum absolute atomic E-state index is 0.0921. The fraction of sp³-hybridized carbons (Fsp3) is 0.409. The zero-order valence-electron chi connectivity index (χ0n) is 17.4. The van der Waals surface area contributed by atoms with Gasteiger partial charge in [0.15, 0.2) is 0 Å². The van der Waals surface area contributed by atoms with Crippen LogP contribution >= 0.6 is 0 Å². The molecule has 1 saturated heterocycles. The highest BCUT2D eigenvalue weighted by atomic mass is 32.2. The molecule has 1 fully saturated rings. The Bertz CT molecular complexity index is 1040. The molecule has 0 radical (unpaired) electrons. The van der Waals surface area contributed by atoms with Crippen molar-refractivity contribution >= 4 is 21.6 Å². The third-order valence-corrected chi connectivity index (χ3v) is 7.16. The number of aryl methyl sites for hydroxylation is 2. The number of anilines is 1. The topological polar surface area (TPSA) is 75.7 Å². The van der Waals surface area contributed by atoms with Crippen molar-refractivity contribution in [1.82, 2.24) is 4.31 Å². The molecule has 0 saturated carbocycles. The minimum atomic E-state index is -3.73. The van der Waals surface area contributed by atoms with Crippen LogP contribution in [0, 0.1) is 25.6 Å². The molecule has 162 valence electrons. The molecule has 8 heteroatoms. The van der Waals surface area contributed by atoms with E-state index in [1.165, 1.54) is 22.5 Å². The van der Waals surface area contributed by atoms with Gasteiger partial charge in [-0.2, -0.15) is 4.31 Å². The number of carbonyl (C=O) groups excluding carboxylic acids is 1. The minimum Gasteiger partial charge on any atom is -0.494 e. The highest BCUT2D eigenvalue weighted by Crippen LogP contribution is 2.28. The number of hydrogen-bond acceptors (Lipinski definition) is 4. The number of rotatable bonds is 6. The molecule has 0 aromatic heterocycles. The number of amides is 1. The van der Waals surface area contributed by atoms with Gasteiger partial charge in [-0.1, -0.05) is 6.07 Å². The maximum atomic E-state index is 13.5. The van der Waals surface area contributed by atoms with E-state index in [2.05, 4.69) is 5.32 Å². The smallest absolute Gasteiger partial charge is 0.243 e. The van der Waals surface area contributed by atoms with Gasteiger partial charge >= 0.3 is 0 Å². The summed E-state index contributed by atoms with van der Waals surface area (Å²) in [7, 11) is -3.73. The van der Waals surface area contributed by atoms with E-state index in [1.807, 2.05) is 6.92 Å². The van der Waals surface area contributed by atoms with Crippen molar-refractivity contribution in [3.8, 4) is 5.75 Å². The molecule has 1 heterocycles. The fourth-order valence-corrected chi connectivity index (χ4v) is 5.20. The summed E-state index contributed by atoms with van der Waals surface area (Å²) in [6.45, 7) is 6.40. The Hall–Kier alpha value is -2.45. The number of ether oxygens (including phenoxy) is 1. The quantitative estimate of drug-likeness (QED) is 0.749. The number of piperidine rings is 1. The molecule has 0 aliphatic carbocycles. The van der Waals surface area contributed by atoms with Gasteiger partial charge in [-0.25, -0.2) is 12.8 Å². The monoisotopic (exact) mass is 434 g/mol. The molecule has 3 rings (SSSR count). The number of halogens is 1. The van der Waals surface area contributed by atoms with Crippen molar-refractivity contribution in [2.45, 2.75) is 38.5 Å². The summed E-state index contributed by atoms with van der Waals surface area (Å²) in [5.74, 6) is -0.584. The first-order chi connectivity index (χ1) is 14.2. The van der Waals surface area contributed by atoms with E-state index in [4.69, 9.17) is 4.74 Å². The van der Waals surface area contributed by atoms with Crippen molar-refractivity contribution in [3.05, 3.63) is 53.3 Å². The van der Waals surface area contributed by atoms with E-state index < -0.39 is 21.8 Å². The van der Waals surface area contributed by atoms with Crippen LogP contribution in [0.5, 0.6) is 5.75 Å². The van der Waals surface area contributed by atoms with Crippen molar-refractivity contribution in [2.75, 3.05) is 25.0 Å². The molecule has 1 aliphatic heterocycles. The molecule has 2 aromatic rings. The number of benzene rings is 2. The van der Waals surface area contributed by atoms with E-state index in [-0.39, 0.29) is 17.3 Å². The van der Waals surface area contributed by atoms with E-state index in [0.717, 1.165) is 11.1 Å². The Morgan fingerprint density at radius 2 is 1.97 bits per heavy atom. The summed E-state index contributed by atoms with van der Waals surface area (Å²) < 4.78 is 46.6. The van der Waals surface area contributed by atoms with Crippen LogP contribution in [0.3, 0.4) is 0 Å². The number of nitrogens with one attached hydrogen (secondary N) is 1. The fourth-order valence-electron chi connectivity index (χ4n) is 3.59. The number of nitrogens with zero attached hydrogens (tertiary/aromatic N) is 1. The average Bonchev–Trinajstić information content (AvgIpc) is 2.72. The molecule has 6 nitrogen and oxygen atoms in total. The van der Waals surface area contributed by atoms with Crippen LogP contribution in [0.25, 0.3) is 0 Å². The van der Waals surface area contributed by atoms with Crippen LogP contribution in [-0.2, 0) is 14.8 Å². The largest absolute Gasteiger partial charge is 0.494 e. The van der Waals surface area contributed by atoms with E-state index in [9.17, 15) is 17.6 Å². The lowest BCUT2D eigenvalue weighted by molar-refractivity contribution is -0.120. The first kappa shape index (κ1) is 22.2. The van der Waals surface area contributed by atoms with Gasteiger partial charge in [0, 0.05) is 18.8 Å². The molecule has 1 unspecified atom stereocenters. The van der Waals surface area contributed by atoms with Gasteiger partial charge < -0.3 is 10.1 Å². The molecule has 30 heavy (non-hydrogen) atoms. The molecule has 0 spiro atoms. The first-order valence-corrected chi connectivity index (χ1v) is 11.5. The van der Waals surface area contributed by atoms with Crippen LogP contribution < -0.4 is 10.1 Å². The highest BCUT2D eigenvalue weighted by molar-refractivity contribution is 7.89. The zero-order valence-corrected chi connectivity index (χ0v) is 18.3. The Morgan fingerprint density at radius 1 is 1.20 bits per heavy atom. The van der Waals surface area contributed by atoms with Gasteiger partial charge in [-0.05, 0) is 75.1 Å². The standard InChI is InChI=1S/C22H27FN2O4S/c1-4-29-21-10-9-19(12-16(21)3)30(27,28)25-11-5-6-17(14-25)22(26)24-20-13-18(23)8-7-15(20)2/h7-10,12-13,17H,4-6,11,14H2,1-3H3,(H,24,26). The zero-order chi connectivity index (χ0) is 21.9. The van der Waals surface area contributed by atoms with Crippen molar-refractivity contribution in [2.24, 2.45) is 5.92 Å². The summed E-state index contributed by atoms with van der Waals surface area (Å²) in [6.07, 6.45) is 1.16. The second-order valence-corrected chi connectivity index (χ2v) is 9.45. The predicted molar refractivity (Wildman–Crippen MR) is 114 cm³/mol. The Kier molecular flexibility index (Phi) is 6.77. The lowest BCUT2D eigenvalue weighted by Gasteiger charge is -2.31. The van der Waals surface area contributed by atoms with Crippen LogP contribution in [0.2, 0.25) is 0 Å². The SMILES string of the molecule is CCOc1ccc(S(=O)(=O)N2CCCC(C(=O)Nc3cc(F)ccc3C)C2)cc1C. The number of carbonyl (C=O) groups is 1. The normalized spacial score (nSPS) is 17.5. The summed E-state index contributed by atoms with van der Waals surface area (Å²) in [6, 6.07) is 8.99. The van der Waals surface area contributed by atoms with Crippen molar-refractivity contribution in [1.29, 1.82) is 0 Å². The molecule has 1 amide bonds. The predicted octanol–water partition coefficient (Wildman–Crippen LogP) is 3.88. The maximum Gasteiger partial charge on any atom is 0.243 e. The van der Waals surface area contributed by atoms with Crippen LogP contribution in [0.4, 0.5) is 10.1 Å². The molecule has 2 aromatic carbocycles.